The van der Waals surface area contributed by atoms with Crippen LogP contribution in [0.3, 0.4) is 0 Å². The molecule has 1 aromatic carbocycles. The Kier molecular flexibility index (Phi) is 4.21. The third kappa shape index (κ3) is 2.64. The van der Waals surface area contributed by atoms with Gasteiger partial charge >= 0.3 is 0 Å². The molecule has 1 aromatic rings. The van der Waals surface area contributed by atoms with Gasteiger partial charge in [-0.3, -0.25) is 4.79 Å². The average Bonchev–Trinajstić information content (AvgIpc) is 2.99. The summed E-state index contributed by atoms with van der Waals surface area (Å²) >= 11 is 0. The monoisotopic (exact) mass is 304 g/mol. The topological polar surface area (TPSA) is 86.8 Å². The average molecular weight is 304 g/mol. The first-order valence-electron chi connectivity index (χ1n) is 7.93. The van der Waals surface area contributed by atoms with Crippen molar-refractivity contribution in [3.8, 4) is 0 Å². The second-order valence-electron chi connectivity index (χ2n) is 6.70. The minimum absolute atomic E-state index is 0.0328. The SMILES string of the molecule is N[C@H]1C[C@@H](O)[C@@H]1CC(=O)N1CCC(CO)(c2ccccc2)C1. The molecule has 2 fully saturated rings. The fraction of sp³-hybridized carbons (Fsp3) is 0.588. The molecule has 4 N–H and O–H groups in total. The normalized spacial score (nSPS) is 34.5. The van der Waals surface area contributed by atoms with Crippen molar-refractivity contribution in [1.29, 1.82) is 0 Å². The van der Waals surface area contributed by atoms with Gasteiger partial charge in [0.15, 0.2) is 0 Å². The lowest BCUT2D eigenvalue weighted by Gasteiger charge is -2.39. The number of aliphatic hydroxyl groups is 2. The number of likely N-dealkylation sites (tertiary alicyclic amines) is 1. The van der Waals surface area contributed by atoms with Crippen molar-refractivity contribution < 1.29 is 15.0 Å². The van der Waals surface area contributed by atoms with E-state index < -0.39 is 6.10 Å². The van der Waals surface area contributed by atoms with Crippen LogP contribution < -0.4 is 5.73 Å². The number of carbonyl (C=O) groups excluding carboxylic acids is 1. The fourth-order valence-corrected chi connectivity index (χ4v) is 3.67. The van der Waals surface area contributed by atoms with Crippen LogP contribution in [-0.2, 0) is 10.2 Å². The number of carbonyl (C=O) groups is 1. The highest BCUT2D eigenvalue weighted by atomic mass is 16.3. The highest BCUT2D eigenvalue weighted by Crippen LogP contribution is 2.36. The van der Waals surface area contributed by atoms with Gasteiger partial charge in [0.1, 0.15) is 0 Å². The van der Waals surface area contributed by atoms with Crippen molar-refractivity contribution in [2.24, 2.45) is 11.7 Å². The molecular formula is C17H24N2O3. The number of hydrogen-bond donors (Lipinski definition) is 3. The highest BCUT2D eigenvalue weighted by molar-refractivity contribution is 5.77. The molecule has 120 valence electrons. The summed E-state index contributed by atoms with van der Waals surface area (Å²) < 4.78 is 0. The van der Waals surface area contributed by atoms with E-state index in [0.29, 0.717) is 25.9 Å². The number of rotatable bonds is 4. The summed E-state index contributed by atoms with van der Waals surface area (Å²) in [6, 6.07) is 9.82. The molecule has 1 amide bonds. The standard InChI is InChI=1S/C17H24N2O3/c18-14-9-15(21)13(14)8-16(22)19-7-6-17(10-19,11-20)12-4-2-1-3-5-12/h1-5,13-15,20-21H,6-11,18H2/t13-,14+,15-,17?/m1/s1. The molecule has 5 heteroatoms. The van der Waals surface area contributed by atoms with Crippen LogP contribution in [0.15, 0.2) is 30.3 Å². The molecule has 4 atom stereocenters. The first-order valence-corrected chi connectivity index (χ1v) is 7.93. The van der Waals surface area contributed by atoms with E-state index in [4.69, 9.17) is 5.73 Å². The molecule has 1 unspecified atom stereocenters. The van der Waals surface area contributed by atoms with Crippen molar-refractivity contribution in [2.45, 2.75) is 36.8 Å². The van der Waals surface area contributed by atoms with E-state index in [1.165, 1.54) is 0 Å². The van der Waals surface area contributed by atoms with Gasteiger partial charge in [0.25, 0.3) is 0 Å². The number of amides is 1. The largest absolute Gasteiger partial charge is 0.395 e. The number of hydrogen-bond acceptors (Lipinski definition) is 4. The Bertz CT molecular complexity index is 528. The molecule has 3 rings (SSSR count). The third-order valence-corrected chi connectivity index (χ3v) is 5.36. The van der Waals surface area contributed by atoms with Crippen molar-refractivity contribution in [2.75, 3.05) is 19.7 Å². The van der Waals surface area contributed by atoms with Crippen LogP contribution in [0.2, 0.25) is 0 Å². The molecule has 22 heavy (non-hydrogen) atoms. The lowest BCUT2D eigenvalue weighted by molar-refractivity contribution is -0.134. The third-order valence-electron chi connectivity index (χ3n) is 5.36. The molecular weight excluding hydrogens is 280 g/mol. The maximum Gasteiger partial charge on any atom is 0.223 e. The first kappa shape index (κ1) is 15.5. The summed E-state index contributed by atoms with van der Waals surface area (Å²) in [5.74, 6) is -0.0844. The van der Waals surface area contributed by atoms with Gasteiger partial charge in [-0.2, -0.15) is 0 Å². The minimum atomic E-state index is -0.446. The van der Waals surface area contributed by atoms with Gasteiger partial charge in [-0.25, -0.2) is 0 Å². The van der Waals surface area contributed by atoms with E-state index in [-0.39, 0.29) is 29.9 Å². The van der Waals surface area contributed by atoms with E-state index in [1.54, 1.807) is 4.90 Å². The van der Waals surface area contributed by atoms with Crippen LogP contribution in [0.5, 0.6) is 0 Å². The van der Waals surface area contributed by atoms with Gasteiger partial charge in [0.2, 0.25) is 5.91 Å². The summed E-state index contributed by atoms with van der Waals surface area (Å²) in [5, 5.41) is 19.6. The Morgan fingerprint density at radius 3 is 2.68 bits per heavy atom. The molecule has 1 saturated heterocycles. The van der Waals surface area contributed by atoms with E-state index in [2.05, 4.69) is 0 Å². The molecule has 0 spiro atoms. The zero-order chi connectivity index (χ0) is 15.7. The van der Waals surface area contributed by atoms with Crippen LogP contribution in [0.1, 0.15) is 24.8 Å². The molecule has 1 saturated carbocycles. The van der Waals surface area contributed by atoms with Gasteiger partial charge in [-0.05, 0) is 18.4 Å². The van der Waals surface area contributed by atoms with Crippen molar-refractivity contribution in [1.82, 2.24) is 4.90 Å². The molecule has 0 bridgehead atoms. The predicted octanol–water partition coefficient (Wildman–Crippen LogP) is 0.247. The van der Waals surface area contributed by atoms with Crippen LogP contribution >= 0.6 is 0 Å². The van der Waals surface area contributed by atoms with Crippen molar-refractivity contribution in [3.63, 3.8) is 0 Å². The second kappa shape index (κ2) is 5.99. The predicted molar refractivity (Wildman–Crippen MR) is 83.1 cm³/mol. The van der Waals surface area contributed by atoms with Crippen LogP contribution in [0.25, 0.3) is 0 Å². The molecule has 2 aliphatic rings. The fourth-order valence-electron chi connectivity index (χ4n) is 3.67. The van der Waals surface area contributed by atoms with Gasteiger partial charge in [-0.15, -0.1) is 0 Å². The molecule has 5 nitrogen and oxygen atoms in total. The molecule has 0 radical (unpaired) electrons. The first-order chi connectivity index (χ1) is 10.6. The Hall–Kier alpha value is -1.43. The highest BCUT2D eigenvalue weighted by Gasteiger charge is 2.43. The zero-order valence-electron chi connectivity index (χ0n) is 12.7. The number of nitrogens with zero attached hydrogens (tertiary/aromatic N) is 1. The zero-order valence-corrected chi connectivity index (χ0v) is 12.7. The van der Waals surface area contributed by atoms with Gasteiger partial charge < -0.3 is 20.8 Å². The van der Waals surface area contributed by atoms with E-state index in [9.17, 15) is 15.0 Å². The summed E-state index contributed by atoms with van der Waals surface area (Å²) in [6.45, 7) is 1.21. The van der Waals surface area contributed by atoms with Crippen molar-refractivity contribution in [3.05, 3.63) is 35.9 Å². The Morgan fingerprint density at radius 1 is 1.36 bits per heavy atom. The van der Waals surface area contributed by atoms with E-state index >= 15 is 0 Å². The summed E-state index contributed by atoms with van der Waals surface area (Å²) in [5.41, 5.74) is 6.57. The van der Waals surface area contributed by atoms with Crippen molar-refractivity contribution >= 4 is 5.91 Å². The quantitative estimate of drug-likeness (QED) is 0.744. The lowest BCUT2D eigenvalue weighted by Crippen LogP contribution is -2.53. The Balaban J connectivity index is 1.67. The molecule has 1 heterocycles. The summed E-state index contributed by atoms with van der Waals surface area (Å²) in [7, 11) is 0. The van der Waals surface area contributed by atoms with Crippen LogP contribution in [-0.4, -0.2) is 52.9 Å². The number of aliphatic hydroxyl groups excluding tert-OH is 2. The molecule has 0 aromatic heterocycles. The maximum absolute atomic E-state index is 12.5. The number of benzene rings is 1. The van der Waals surface area contributed by atoms with Crippen LogP contribution in [0.4, 0.5) is 0 Å². The van der Waals surface area contributed by atoms with E-state index in [1.807, 2.05) is 30.3 Å². The van der Waals surface area contributed by atoms with Gasteiger partial charge in [0, 0.05) is 36.9 Å². The minimum Gasteiger partial charge on any atom is -0.395 e. The number of nitrogens with two attached hydrogens (primary N) is 1. The molecule has 1 aliphatic carbocycles. The lowest BCUT2D eigenvalue weighted by atomic mass is 9.75. The summed E-state index contributed by atoms with van der Waals surface area (Å²) in [4.78, 5) is 14.3. The maximum atomic E-state index is 12.5. The smallest absolute Gasteiger partial charge is 0.223 e. The van der Waals surface area contributed by atoms with Crippen LogP contribution in [0, 0.1) is 5.92 Å². The molecule has 1 aliphatic heterocycles. The second-order valence-corrected chi connectivity index (χ2v) is 6.70. The Labute approximate surface area is 130 Å². The van der Waals surface area contributed by atoms with Gasteiger partial charge in [-0.1, -0.05) is 30.3 Å². The van der Waals surface area contributed by atoms with Gasteiger partial charge in [0.05, 0.1) is 12.7 Å². The summed E-state index contributed by atoms with van der Waals surface area (Å²) in [6.07, 6.45) is 1.21. The van der Waals surface area contributed by atoms with E-state index in [0.717, 1.165) is 12.0 Å². The Morgan fingerprint density at radius 2 is 2.09 bits per heavy atom.